The van der Waals surface area contributed by atoms with Crippen molar-refractivity contribution >= 4 is 50.8 Å². The normalized spacial score (nSPS) is 19.4. The molecule has 9 heteroatoms. The SMILES string of the molecule is O=C(c1ccc(C2SCCCS2)cc1)N1CCC(NS(=O)(=O)c2cccs2)CC1. The van der Waals surface area contributed by atoms with Crippen molar-refractivity contribution in [3.63, 3.8) is 0 Å². The smallest absolute Gasteiger partial charge is 0.253 e. The minimum absolute atomic E-state index is 0.0278. The zero-order valence-electron chi connectivity index (χ0n) is 16.0. The van der Waals surface area contributed by atoms with Crippen molar-refractivity contribution in [1.29, 1.82) is 0 Å². The molecular formula is C20H24N2O3S4. The van der Waals surface area contributed by atoms with Crippen molar-refractivity contribution in [2.24, 2.45) is 0 Å². The van der Waals surface area contributed by atoms with Crippen LogP contribution in [0.25, 0.3) is 0 Å². The molecule has 2 saturated heterocycles. The van der Waals surface area contributed by atoms with Crippen molar-refractivity contribution < 1.29 is 13.2 Å². The van der Waals surface area contributed by atoms with Gasteiger partial charge in [-0.25, -0.2) is 13.1 Å². The monoisotopic (exact) mass is 468 g/mol. The summed E-state index contributed by atoms with van der Waals surface area (Å²) in [7, 11) is -3.46. The van der Waals surface area contributed by atoms with E-state index in [1.54, 1.807) is 17.5 Å². The summed E-state index contributed by atoms with van der Waals surface area (Å²) >= 11 is 5.16. The number of hydrogen-bond donors (Lipinski definition) is 1. The Morgan fingerprint density at radius 1 is 1.03 bits per heavy atom. The van der Waals surface area contributed by atoms with E-state index >= 15 is 0 Å². The molecule has 0 radical (unpaired) electrons. The number of benzene rings is 1. The molecule has 5 nitrogen and oxygen atoms in total. The summed E-state index contributed by atoms with van der Waals surface area (Å²) in [6.07, 6.45) is 2.52. The molecule has 2 fully saturated rings. The van der Waals surface area contributed by atoms with Gasteiger partial charge in [0.1, 0.15) is 4.21 Å². The summed E-state index contributed by atoms with van der Waals surface area (Å²) < 4.78 is 28.3. The van der Waals surface area contributed by atoms with Crippen molar-refractivity contribution in [3.8, 4) is 0 Å². The first-order valence-electron chi connectivity index (χ1n) is 9.71. The van der Waals surface area contributed by atoms with Gasteiger partial charge in [-0.05, 0) is 59.9 Å². The molecule has 0 saturated carbocycles. The van der Waals surface area contributed by atoms with Crippen LogP contribution in [0.4, 0.5) is 0 Å². The maximum Gasteiger partial charge on any atom is 0.253 e. The molecular weight excluding hydrogens is 444 g/mol. The van der Waals surface area contributed by atoms with Crippen LogP contribution in [0.15, 0.2) is 46.0 Å². The van der Waals surface area contributed by atoms with E-state index in [0.717, 1.165) is 0 Å². The number of nitrogens with zero attached hydrogens (tertiary/aromatic N) is 1. The average molecular weight is 469 g/mol. The summed E-state index contributed by atoms with van der Waals surface area (Å²) in [5.41, 5.74) is 1.98. The summed E-state index contributed by atoms with van der Waals surface area (Å²) in [5.74, 6) is 2.42. The third kappa shape index (κ3) is 5.19. The van der Waals surface area contributed by atoms with Crippen LogP contribution in [0.2, 0.25) is 0 Å². The molecule has 2 aliphatic rings. The van der Waals surface area contributed by atoms with Gasteiger partial charge in [0.05, 0.1) is 4.58 Å². The standard InChI is InChI=1S/C20H24N2O3S4/c23-19(15-4-6-16(7-5-15)20-27-13-2-14-28-20)22-10-8-17(9-11-22)21-29(24,25)18-3-1-12-26-18/h1,3-7,12,17,20-21H,2,8-11,13-14H2. The molecule has 29 heavy (non-hydrogen) atoms. The zero-order valence-corrected chi connectivity index (χ0v) is 19.2. The van der Waals surface area contributed by atoms with Crippen LogP contribution in [0.3, 0.4) is 0 Å². The van der Waals surface area contributed by atoms with Gasteiger partial charge in [-0.2, -0.15) is 0 Å². The third-order valence-electron chi connectivity index (χ3n) is 5.12. The van der Waals surface area contributed by atoms with Gasteiger partial charge in [0.15, 0.2) is 0 Å². The number of hydrogen-bond acceptors (Lipinski definition) is 6. The number of carbonyl (C=O) groups is 1. The minimum Gasteiger partial charge on any atom is -0.339 e. The molecule has 0 bridgehead atoms. The quantitative estimate of drug-likeness (QED) is 0.712. The Morgan fingerprint density at radius 3 is 2.34 bits per heavy atom. The predicted molar refractivity (Wildman–Crippen MR) is 122 cm³/mol. The fourth-order valence-corrected chi connectivity index (χ4v) is 8.75. The molecule has 0 atom stereocenters. The first-order valence-corrected chi connectivity index (χ1v) is 14.2. The number of nitrogens with one attached hydrogen (secondary N) is 1. The second-order valence-electron chi connectivity index (χ2n) is 7.17. The van der Waals surface area contributed by atoms with Crippen LogP contribution < -0.4 is 4.72 Å². The lowest BCUT2D eigenvalue weighted by Gasteiger charge is -2.32. The molecule has 2 aliphatic heterocycles. The van der Waals surface area contributed by atoms with E-state index in [2.05, 4.69) is 16.9 Å². The number of likely N-dealkylation sites (tertiary alicyclic amines) is 1. The van der Waals surface area contributed by atoms with E-state index in [-0.39, 0.29) is 11.9 Å². The molecule has 4 rings (SSSR count). The largest absolute Gasteiger partial charge is 0.339 e. The Kier molecular flexibility index (Phi) is 6.91. The number of rotatable bonds is 5. The van der Waals surface area contributed by atoms with Gasteiger partial charge in [-0.15, -0.1) is 34.9 Å². The van der Waals surface area contributed by atoms with Gasteiger partial charge in [0, 0.05) is 24.7 Å². The summed E-state index contributed by atoms with van der Waals surface area (Å²) in [5, 5.41) is 1.76. The first-order chi connectivity index (χ1) is 14.0. The number of sulfonamides is 1. The van der Waals surface area contributed by atoms with Crippen molar-refractivity contribution in [1.82, 2.24) is 9.62 Å². The van der Waals surface area contributed by atoms with Crippen LogP contribution in [0.1, 0.15) is 39.8 Å². The second-order valence-corrected chi connectivity index (χ2v) is 12.8. The number of thioether (sulfide) groups is 2. The number of piperidine rings is 1. The fraction of sp³-hybridized carbons (Fsp3) is 0.450. The Bertz CT molecular complexity index is 915. The Balaban J connectivity index is 1.32. The van der Waals surface area contributed by atoms with E-state index in [9.17, 15) is 13.2 Å². The maximum absolute atomic E-state index is 12.8. The molecule has 0 spiro atoms. The zero-order chi connectivity index (χ0) is 20.3. The average Bonchev–Trinajstić information content (AvgIpc) is 3.30. The van der Waals surface area contributed by atoms with Crippen molar-refractivity contribution in [2.75, 3.05) is 24.6 Å². The molecule has 0 unspecified atom stereocenters. The Labute approximate surface area is 184 Å². The summed E-state index contributed by atoms with van der Waals surface area (Å²) in [6, 6.07) is 11.2. The minimum atomic E-state index is -3.46. The van der Waals surface area contributed by atoms with Gasteiger partial charge in [0.25, 0.3) is 5.91 Å². The molecule has 1 aromatic carbocycles. The van der Waals surface area contributed by atoms with Gasteiger partial charge in [0.2, 0.25) is 10.0 Å². The van der Waals surface area contributed by atoms with E-state index in [4.69, 9.17) is 0 Å². The molecule has 1 amide bonds. The van der Waals surface area contributed by atoms with Crippen LogP contribution >= 0.6 is 34.9 Å². The van der Waals surface area contributed by atoms with E-state index < -0.39 is 10.0 Å². The summed E-state index contributed by atoms with van der Waals surface area (Å²) in [6.45, 7) is 1.12. The van der Waals surface area contributed by atoms with E-state index in [1.807, 2.05) is 40.6 Å². The van der Waals surface area contributed by atoms with Crippen molar-refractivity contribution in [3.05, 3.63) is 52.9 Å². The molecule has 1 aromatic heterocycles. The lowest BCUT2D eigenvalue weighted by atomic mass is 10.0. The molecule has 1 N–H and O–H groups in total. The van der Waals surface area contributed by atoms with E-state index in [0.29, 0.717) is 40.3 Å². The third-order valence-corrected chi connectivity index (χ3v) is 11.1. The fourth-order valence-electron chi connectivity index (χ4n) is 3.54. The van der Waals surface area contributed by atoms with Crippen LogP contribution in [-0.2, 0) is 10.0 Å². The van der Waals surface area contributed by atoms with Gasteiger partial charge in [-0.1, -0.05) is 18.2 Å². The molecule has 0 aliphatic carbocycles. The number of thiophene rings is 1. The molecule has 3 heterocycles. The van der Waals surface area contributed by atoms with Crippen LogP contribution in [0.5, 0.6) is 0 Å². The highest BCUT2D eigenvalue weighted by atomic mass is 32.2. The molecule has 156 valence electrons. The lowest BCUT2D eigenvalue weighted by molar-refractivity contribution is 0.0711. The number of amides is 1. The van der Waals surface area contributed by atoms with Gasteiger partial charge >= 0.3 is 0 Å². The molecule has 2 aromatic rings. The van der Waals surface area contributed by atoms with Crippen molar-refractivity contribution in [2.45, 2.75) is 34.1 Å². The highest BCUT2D eigenvalue weighted by molar-refractivity contribution is 8.16. The Hall–Kier alpha value is -1.00. The highest BCUT2D eigenvalue weighted by Gasteiger charge is 2.27. The first kappa shape index (κ1) is 21.2. The van der Waals surface area contributed by atoms with Gasteiger partial charge < -0.3 is 4.90 Å². The van der Waals surface area contributed by atoms with Gasteiger partial charge in [-0.3, -0.25) is 4.79 Å². The highest BCUT2D eigenvalue weighted by Crippen LogP contribution is 2.43. The maximum atomic E-state index is 12.8. The summed E-state index contributed by atoms with van der Waals surface area (Å²) in [4.78, 5) is 14.7. The Morgan fingerprint density at radius 2 is 1.72 bits per heavy atom. The van der Waals surface area contributed by atoms with Crippen LogP contribution in [0, 0.1) is 0 Å². The second kappa shape index (κ2) is 9.43. The topological polar surface area (TPSA) is 66.5 Å². The predicted octanol–water partition coefficient (Wildman–Crippen LogP) is 4.20. The van der Waals surface area contributed by atoms with Crippen LogP contribution in [-0.4, -0.2) is 49.9 Å². The van der Waals surface area contributed by atoms with E-state index in [1.165, 1.54) is 34.8 Å². The lowest BCUT2D eigenvalue weighted by Crippen LogP contribution is -2.46. The number of carbonyl (C=O) groups excluding carboxylic acids is 1.